The van der Waals surface area contributed by atoms with Crippen molar-refractivity contribution in [1.29, 1.82) is 0 Å². The van der Waals surface area contributed by atoms with Crippen LogP contribution in [0.3, 0.4) is 0 Å². The first-order chi connectivity index (χ1) is 7.95. The van der Waals surface area contributed by atoms with Crippen LogP contribution in [0.1, 0.15) is 18.1 Å². The molecule has 0 aliphatic heterocycles. The van der Waals surface area contributed by atoms with Crippen LogP contribution in [0.2, 0.25) is 0 Å². The molecule has 1 aromatic rings. The summed E-state index contributed by atoms with van der Waals surface area (Å²) in [4.78, 5) is 0. The molecule has 0 spiro atoms. The van der Waals surface area contributed by atoms with E-state index < -0.39 is 17.6 Å². The minimum Gasteiger partial charge on any atom is -0.302 e. The molecule has 0 aliphatic rings. The molecule has 0 atom stereocenters. The lowest BCUT2D eigenvalue weighted by atomic mass is 10.1. The SMILES string of the molecule is CC#CCNCc1ccc(F)cc1C(F)(F)F. The van der Waals surface area contributed by atoms with Gasteiger partial charge in [-0.2, -0.15) is 13.2 Å². The van der Waals surface area contributed by atoms with Crippen molar-refractivity contribution < 1.29 is 17.6 Å². The number of halogens is 4. The van der Waals surface area contributed by atoms with Crippen LogP contribution in [0, 0.1) is 17.7 Å². The van der Waals surface area contributed by atoms with Gasteiger partial charge >= 0.3 is 6.18 Å². The minimum atomic E-state index is -4.55. The number of nitrogens with one attached hydrogen (secondary N) is 1. The molecule has 0 bridgehead atoms. The van der Waals surface area contributed by atoms with Crippen LogP contribution in [-0.4, -0.2) is 6.54 Å². The largest absolute Gasteiger partial charge is 0.416 e. The zero-order chi connectivity index (χ0) is 12.9. The Morgan fingerprint density at radius 3 is 2.59 bits per heavy atom. The van der Waals surface area contributed by atoms with Crippen molar-refractivity contribution in [3.63, 3.8) is 0 Å². The summed E-state index contributed by atoms with van der Waals surface area (Å²) >= 11 is 0. The Balaban J connectivity index is 2.86. The first-order valence-electron chi connectivity index (χ1n) is 4.91. The highest BCUT2D eigenvalue weighted by molar-refractivity contribution is 5.30. The van der Waals surface area contributed by atoms with Gasteiger partial charge in [0.1, 0.15) is 5.82 Å². The molecule has 0 radical (unpaired) electrons. The van der Waals surface area contributed by atoms with E-state index in [1.807, 2.05) is 0 Å². The third-order valence-electron chi connectivity index (χ3n) is 2.08. The van der Waals surface area contributed by atoms with Crippen LogP contribution in [-0.2, 0) is 12.7 Å². The maximum absolute atomic E-state index is 12.8. The molecule has 92 valence electrons. The third kappa shape index (κ3) is 4.08. The van der Waals surface area contributed by atoms with Gasteiger partial charge in [0.15, 0.2) is 0 Å². The van der Waals surface area contributed by atoms with E-state index in [2.05, 4.69) is 17.2 Å². The summed E-state index contributed by atoms with van der Waals surface area (Å²) < 4.78 is 50.5. The lowest BCUT2D eigenvalue weighted by Crippen LogP contribution is -2.18. The van der Waals surface area contributed by atoms with Crippen LogP contribution in [0.15, 0.2) is 18.2 Å². The molecular formula is C12H11F4N. The first-order valence-corrected chi connectivity index (χ1v) is 4.91. The smallest absolute Gasteiger partial charge is 0.302 e. The van der Waals surface area contributed by atoms with E-state index in [-0.39, 0.29) is 12.1 Å². The Hall–Kier alpha value is -1.54. The average Bonchev–Trinajstić information content (AvgIpc) is 2.25. The molecule has 5 heteroatoms. The Morgan fingerprint density at radius 1 is 1.29 bits per heavy atom. The van der Waals surface area contributed by atoms with Crippen molar-refractivity contribution in [2.45, 2.75) is 19.6 Å². The number of alkyl halides is 3. The van der Waals surface area contributed by atoms with E-state index >= 15 is 0 Å². The zero-order valence-electron chi connectivity index (χ0n) is 9.16. The van der Waals surface area contributed by atoms with Crippen molar-refractivity contribution in [3.8, 4) is 11.8 Å². The molecule has 0 saturated heterocycles. The van der Waals surface area contributed by atoms with Gasteiger partial charge in [-0.15, -0.1) is 5.92 Å². The van der Waals surface area contributed by atoms with Gasteiger partial charge in [-0.3, -0.25) is 0 Å². The van der Waals surface area contributed by atoms with E-state index in [0.717, 1.165) is 12.1 Å². The van der Waals surface area contributed by atoms with Crippen molar-refractivity contribution in [3.05, 3.63) is 35.1 Å². The Bertz CT molecular complexity index is 440. The fourth-order valence-electron chi connectivity index (χ4n) is 1.31. The van der Waals surface area contributed by atoms with Gasteiger partial charge in [0.25, 0.3) is 0 Å². The van der Waals surface area contributed by atoms with Crippen LogP contribution >= 0.6 is 0 Å². The second kappa shape index (κ2) is 5.69. The highest BCUT2D eigenvalue weighted by Gasteiger charge is 2.33. The zero-order valence-corrected chi connectivity index (χ0v) is 9.16. The average molecular weight is 245 g/mol. The highest BCUT2D eigenvalue weighted by Crippen LogP contribution is 2.32. The van der Waals surface area contributed by atoms with Crippen LogP contribution in [0.5, 0.6) is 0 Å². The molecule has 1 rings (SSSR count). The normalized spacial score (nSPS) is 10.9. The van der Waals surface area contributed by atoms with Gasteiger partial charge < -0.3 is 5.32 Å². The molecule has 1 aromatic carbocycles. The minimum absolute atomic E-state index is 0.00377. The molecule has 1 nitrogen and oxygen atoms in total. The molecule has 1 N–H and O–H groups in total. The number of benzene rings is 1. The maximum Gasteiger partial charge on any atom is 0.416 e. The van der Waals surface area contributed by atoms with Crippen molar-refractivity contribution in [2.24, 2.45) is 0 Å². The van der Waals surface area contributed by atoms with E-state index in [4.69, 9.17) is 0 Å². The number of hydrogen-bond acceptors (Lipinski definition) is 1. The first kappa shape index (κ1) is 13.5. The summed E-state index contributed by atoms with van der Waals surface area (Å²) in [7, 11) is 0. The highest BCUT2D eigenvalue weighted by atomic mass is 19.4. The van der Waals surface area contributed by atoms with Gasteiger partial charge in [0, 0.05) is 6.54 Å². The summed E-state index contributed by atoms with van der Waals surface area (Å²) in [6.07, 6.45) is -4.55. The molecule has 0 heterocycles. The summed E-state index contributed by atoms with van der Waals surface area (Å²) in [5, 5.41) is 2.74. The van der Waals surface area contributed by atoms with Crippen molar-refractivity contribution in [1.82, 2.24) is 5.32 Å². The predicted octanol–water partition coefficient (Wildman–Crippen LogP) is 2.96. The Kier molecular flexibility index (Phi) is 4.53. The van der Waals surface area contributed by atoms with Crippen LogP contribution < -0.4 is 5.32 Å². The van der Waals surface area contributed by atoms with Crippen LogP contribution in [0.4, 0.5) is 17.6 Å². The second-order valence-electron chi connectivity index (χ2n) is 3.33. The summed E-state index contributed by atoms with van der Waals surface area (Å²) in [6.45, 7) is 1.94. The van der Waals surface area contributed by atoms with E-state index in [0.29, 0.717) is 12.6 Å². The van der Waals surface area contributed by atoms with E-state index in [1.165, 1.54) is 0 Å². The van der Waals surface area contributed by atoms with Crippen molar-refractivity contribution in [2.75, 3.05) is 6.54 Å². The fourth-order valence-corrected chi connectivity index (χ4v) is 1.31. The lowest BCUT2D eigenvalue weighted by molar-refractivity contribution is -0.138. The summed E-state index contributed by atoms with van der Waals surface area (Å²) in [5.74, 6) is 4.39. The predicted molar refractivity (Wildman–Crippen MR) is 56.6 cm³/mol. The maximum atomic E-state index is 12.8. The molecule has 17 heavy (non-hydrogen) atoms. The lowest BCUT2D eigenvalue weighted by Gasteiger charge is -2.12. The molecule has 0 aliphatic carbocycles. The molecule has 0 aromatic heterocycles. The third-order valence-corrected chi connectivity index (χ3v) is 2.08. The molecule has 0 amide bonds. The summed E-state index contributed by atoms with van der Waals surface area (Å²) in [6, 6.07) is 2.64. The van der Waals surface area contributed by atoms with Crippen molar-refractivity contribution >= 4 is 0 Å². The van der Waals surface area contributed by atoms with Gasteiger partial charge in [0.05, 0.1) is 12.1 Å². The fraction of sp³-hybridized carbons (Fsp3) is 0.333. The molecule has 0 unspecified atom stereocenters. The monoisotopic (exact) mass is 245 g/mol. The molecular weight excluding hydrogens is 234 g/mol. The Labute approximate surface area is 96.8 Å². The number of hydrogen-bond donors (Lipinski definition) is 1. The van der Waals surface area contributed by atoms with Gasteiger partial charge in [-0.25, -0.2) is 4.39 Å². The van der Waals surface area contributed by atoms with Gasteiger partial charge in [-0.1, -0.05) is 12.0 Å². The standard InChI is InChI=1S/C12H11F4N/c1-2-3-6-17-8-9-4-5-10(13)7-11(9)12(14,15)16/h4-5,7,17H,6,8H2,1H3. The molecule has 0 fully saturated rings. The Morgan fingerprint density at radius 2 is 2.00 bits per heavy atom. The van der Waals surface area contributed by atoms with E-state index in [1.54, 1.807) is 6.92 Å². The number of rotatable bonds is 3. The topological polar surface area (TPSA) is 12.0 Å². The quantitative estimate of drug-likeness (QED) is 0.490. The van der Waals surface area contributed by atoms with Gasteiger partial charge in [-0.05, 0) is 24.6 Å². The van der Waals surface area contributed by atoms with Crippen LogP contribution in [0.25, 0.3) is 0 Å². The second-order valence-corrected chi connectivity index (χ2v) is 3.33. The molecule has 0 saturated carbocycles. The van der Waals surface area contributed by atoms with E-state index in [9.17, 15) is 17.6 Å². The van der Waals surface area contributed by atoms with Gasteiger partial charge in [0.2, 0.25) is 0 Å². The summed E-state index contributed by atoms with van der Waals surface area (Å²) in [5.41, 5.74) is -0.939.